The van der Waals surface area contributed by atoms with Crippen LogP contribution >= 0.6 is 0 Å². The first-order valence-corrected chi connectivity index (χ1v) is 9.73. The molecule has 0 bridgehead atoms. The molecule has 2 aliphatic rings. The Kier molecular flexibility index (Phi) is 5.31. The molecule has 2 amide bonds. The monoisotopic (exact) mass is 375 g/mol. The molecule has 1 spiro atoms. The number of rotatable bonds is 4. The van der Waals surface area contributed by atoms with Gasteiger partial charge < -0.3 is 19.1 Å². The summed E-state index contributed by atoms with van der Waals surface area (Å²) in [5, 5.41) is 0. The van der Waals surface area contributed by atoms with E-state index in [2.05, 4.69) is 13.8 Å². The summed E-state index contributed by atoms with van der Waals surface area (Å²) in [6.07, 6.45) is 2.93. The molecule has 2 aliphatic heterocycles. The Balaban J connectivity index is 1.67. The van der Waals surface area contributed by atoms with E-state index in [0.717, 1.165) is 18.5 Å². The van der Waals surface area contributed by atoms with Gasteiger partial charge in [-0.25, -0.2) is 4.79 Å². The molecule has 0 radical (unpaired) electrons. The van der Waals surface area contributed by atoms with Crippen molar-refractivity contribution in [1.29, 1.82) is 0 Å². The largest absolute Gasteiger partial charge is 0.441 e. The topological polar surface area (TPSA) is 71.8 Å². The minimum Gasteiger partial charge on any atom is -0.441 e. The van der Waals surface area contributed by atoms with E-state index in [9.17, 15) is 14.4 Å². The molecule has 1 atom stereocenters. The Labute approximate surface area is 159 Å². The number of nitrogens with zero attached hydrogens (tertiary/aromatic N) is 3. The molecule has 2 fully saturated rings. The summed E-state index contributed by atoms with van der Waals surface area (Å²) < 4.78 is 7.24. The zero-order valence-electron chi connectivity index (χ0n) is 16.7. The minimum absolute atomic E-state index is 0.164. The van der Waals surface area contributed by atoms with Crippen LogP contribution in [0.2, 0.25) is 0 Å². The number of likely N-dealkylation sites (tertiary alicyclic amines) is 1. The summed E-state index contributed by atoms with van der Waals surface area (Å²) in [5.41, 5.74) is 0.231. The van der Waals surface area contributed by atoms with Gasteiger partial charge in [0.05, 0.1) is 6.54 Å². The second kappa shape index (κ2) is 7.37. The average molecular weight is 375 g/mol. The van der Waals surface area contributed by atoms with Crippen LogP contribution in [0.15, 0.2) is 16.9 Å². The standard InChI is InChI=1S/C20H29N3O4/c1-5-6-15(3)23-13-20(27-19(23)26)9-11-22(12-10-20)18(25)16-8-7-14(2)21(4)17(16)24/h7-8,15H,5-6,9-13H2,1-4H3/t15-/m0/s1. The highest BCUT2D eigenvalue weighted by Gasteiger charge is 2.48. The molecule has 3 rings (SSSR count). The maximum atomic E-state index is 12.8. The van der Waals surface area contributed by atoms with Crippen molar-refractivity contribution < 1.29 is 14.3 Å². The molecular formula is C20H29N3O4. The third-order valence-corrected chi connectivity index (χ3v) is 5.98. The summed E-state index contributed by atoms with van der Waals surface area (Å²) >= 11 is 0. The maximum Gasteiger partial charge on any atom is 0.410 e. The van der Waals surface area contributed by atoms with E-state index < -0.39 is 5.60 Å². The number of ether oxygens (including phenoxy) is 1. The second-order valence-electron chi connectivity index (χ2n) is 7.86. The molecule has 0 unspecified atom stereocenters. The van der Waals surface area contributed by atoms with Crippen LogP contribution in [0.25, 0.3) is 0 Å². The number of aromatic nitrogens is 1. The van der Waals surface area contributed by atoms with Crippen LogP contribution in [0, 0.1) is 6.92 Å². The quantitative estimate of drug-likeness (QED) is 0.810. The van der Waals surface area contributed by atoms with E-state index in [4.69, 9.17) is 4.74 Å². The molecule has 0 aliphatic carbocycles. The van der Waals surface area contributed by atoms with Crippen LogP contribution in [0.5, 0.6) is 0 Å². The van der Waals surface area contributed by atoms with Gasteiger partial charge in [0.15, 0.2) is 0 Å². The van der Waals surface area contributed by atoms with E-state index in [-0.39, 0.29) is 29.2 Å². The van der Waals surface area contributed by atoms with Gasteiger partial charge in [-0.15, -0.1) is 0 Å². The van der Waals surface area contributed by atoms with Crippen LogP contribution in [0.4, 0.5) is 4.79 Å². The zero-order chi connectivity index (χ0) is 19.8. The van der Waals surface area contributed by atoms with Gasteiger partial charge >= 0.3 is 6.09 Å². The SMILES string of the molecule is CCC[C@H](C)N1CC2(CCN(C(=O)c3ccc(C)n(C)c3=O)CC2)OC1=O. The Morgan fingerprint density at radius 1 is 1.26 bits per heavy atom. The molecule has 1 aromatic heterocycles. The lowest BCUT2D eigenvalue weighted by Gasteiger charge is -2.37. The lowest BCUT2D eigenvalue weighted by Crippen LogP contribution is -2.50. The number of carbonyl (C=O) groups is 2. The normalized spacial score (nSPS) is 20.1. The molecule has 148 valence electrons. The van der Waals surface area contributed by atoms with Gasteiger partial charge in [0.25, 0.3) is 11.5 Å². The Bertz CT molecular complexity index is 793. The van der Waals surface area contributed by atoms with Crippen molar-refractivity contribution in [2.45, 2.75) is 58.1 Å². The second-order valence-corrected chi connectivity index (χ2v) is 7.86. The number of aryl methyl sites for hydroxylation is 1. The van der Waals surface area contributed by atoms with Gasteiger partial charge in [-0.2, -0.15) is 0 Å². The minimum atomic E-state index is -0.506. The van der Waals surface area contributed by atoms with Gasteiger partial charge in [0.1, 0.15) is 11.2 Å². The van der Waals surface area contributed by atoms with Crippen molar-refractivity contribution in [2.75, 3.05) is 19.6 Å². The first-order chi connectivity index (χ1) is 12.8. The van der Waals surface area contributed by atoms with Gasteiger partial charge in [0, 0.05) is 44.7 Å². The van der Waals surface area contributed by atoms with Gasteiger partial charge in [-0.1, -0.05) is 13.3 Å². The molecule has 0 N–H and O–H groups in total. The van der Waals surface area contributed by atoms with Crippen molar-refractivity contribution in [2.24, 2.45) is 7.05 Å². The van der Waals surface area contributed by atoms with Gasteiger partial charge in [0.2, 0.25) is 0 Å². The van der Waals surface area contributed by atoms with Crippen molar-refractivity contribution >= 4 is 12.0 Å². The van der Waals surface area contributed by atoms with Crippen LogP contribution in [0.3, 0.4) is 0 Å². The highest BCUT2D eigenvalue weighted by Crippen LogP contribution is 2.35. The number of pyridine rings is 1. The van der Waals surface area contributed by atoms with Crippen molar-refractivity contribution in [3.63, 3.8) is 0 Å². The van der Waals surface area contributed by atoms with Crippen molar-refractivity contribution in [3.05, 3.63) is 33.7 Å². The summed E-state index contributed by atoms with van der Waals surface area (Å²) in [4.78, 5) is 41.0. The smallest absolute Gasteiger partial charge is 0.410 e. The molecule has 2 saturated heterocycles. The average Bonchev–Trinajstić information content (AvgIpc) is 2.96. The van der Waals surface area contributed by atoms with Gasteiger partial charge in [-0.3, -0.25) is 9.59 Å². The first kappa shape index (κ1) is 19.5. The highest BCUT2D eigenvalue weighted by atomic mass is 16.6. The summed E-state index contributed by atoms with van der Waals surface area (Å²) in [6.45, 7) is 7.54. The molecule has 0 saturated carbocycles. The number of hydrogen-bond donors (Lipinski definition) is 0. The molecule has 0 aromatic carbocycles. The summed E-state index contributed by atoms with van der Waals surface area (Å²) in [7, 11) is 1.67. The lowest BCUT2D eigenvalue weighted by atomic mass is 9.90. The number of amides is 2. The summed E-state index contributed by atoms with van der Waals surface area (Å²) in [6, 6.07) is 3.55. The van der Waals surface area contributed by atoms with Crippen molar-refractivity contribution in [3.8, 4) is 0 Å². The molecule has 7 heteroatoms. The third kappa shape index (κ3) is 3.59. The fourth-order valence-corrected chi connectivity index (χ4v) is 4.00. The fraction of sp³-hybridized carbons (Fsp3) is 0.650. The molecular weight excluding hydrogens is 346 g/mol. The van der Waals surface area contributed by atoms with E-state index in [0.29, 0.717) is 32.5 Å². The van der Waals surface area contributed by atoms with Gasteiger partial charge in [-0.05, 0) is 32.4 Å². The highest BCUT2D eigenvalue weighted by molar-refractivity contribution is 5.94. The Morgan fingerprint density at radius 2 is 1.93 bits per heavy atom. The zero-order valence-corrected chi connectivity index (χ0v) is 16.7. The fourth-order valence-electron chi connectivity index (χ4n) is 4.00. The number of carbonyl (C=O) groups excluding carboxylic acids is 2. The number of hydrogen-bond acceptors (Lipinski definition) is 4. The van der Waals surface area contributed by atoms with Crippen molar-refractivity contribution in [1.82, 2.24) is 14.4 Å². The van der Waals surface area contributed by atoms with E-state index >= 15 is 0 Å². The predicted molar refractivity (Wildman–Crippen MR) is 102 cm³/mol. The molecule has 3 heterocycles. The van der Waals surface area contributed by atoms with E-state index in [1.165, 1.54) is 4.57 Å². The Morgan fingerprint density at radius 3 is 2.56 bits per heavy atom. The van der Waals surface area contributed by atoms with E-state index in [1.54, 1.807) is 24.1 Å². The van der Waals surface area contributed by atoms with Crippen LogP contribution in [-0.4, -0.2) is 57.6 Å². The van der Waals surface area contributed by atoms with Crippen LogP contribution < -0.4 is 5.56 Å². The van der Waals surface area contributed by atoms with Crippen LogP contribution in [-0.2, 0) is 11.8 Å². The molecule has 1 aromatic rings. The van der Waals surface area contributed by atoms with E-state index in [1.807, 2.05) is 11.8 Å². The molecule has 7 nitrogen and oxygen atoms in total. The third-order valence-electron chi connectivity index (χ3n) is 5.98. The molecule has 27 heavy (non-hydrogen) atoms. The Hall–Kier alpha value is -2.31. The predicted octanol–water partition coefficient (Wildman–Crippen LogP) is 2.31. The number of piperidine rings is 1. The lowest BCUT2D eigenvalue weighted by molar-refractivity contribution is 0.00300. The summed E-state index contributed by atoms with van der Waals surface area (Å²) in [5.74, 6) is -0.244. The maximum absolute atomic E-state index is 12.8. The van der Waals surface area contributed by atoms with Crippen LogP contribution in [0.1, 0.15) is 55.6 Å². The first-order valence-electron chi connectivity index (χ1n) is 9.73.